The van der Waals surface area contributed by atoms with Crippen LogP contribution in [0.5, 0.6) is 11.5 Å². The number of nitrogens with one attached hydrogen (secondary N) is 1. The van der Waals surface area contributed by atoms with Crippen LogP contribution < -0.4 is 10.1 Å². The van der Waals surface area contributed by atoms with Crippen molar-refractivity contribution in [3.63, 3.8) is 0 Å². The Bertz CT molecular complexity index is 452. The van der Waals surface area contributed by atoms with Crippen molar-refractivity contribution < 1.29 is 14.6 Å². The molecule has 0 saturated heterocycles. The van der Waals surface area contributed by atoms with E-state index < -0.39 is 0 Å². The van der Waals surface area contributed by atoms with E-state index in [4.69, 9.17) is 4.74 Å². The Hall–Kier alpha value is -1.23. The van der Waals surface area contributed by atoms with Crippen molar-refractivity contribution in [2.24, 2.45) is 0 Å². The summed E-state index contributed by atoms with van der Waals surface area (Å²) in [4.78, 5) is 12.1. The molecule has 1 saturated carbocycles. The second kappa shape index (κ2) is 5.18. The van der Waals surface area contributed by atoms with E-state index in [-0.39, 0.29) is 22.8 Å². The van der Waals surface area contributed by atoms with Gasteiger partial charge < -0.3 is 15.2 Å². The predicted octanol–water partition coefficient (Wildman–Crippen LogP) is 2.45. The molecule has 0 radical (unpaired) electrons. The summed E-state index contributed by atoms with van der Waals surface area (Å²) in [5, 5.41) is 13.5. The Morgan fingerprint density at radius 2 is 2.28 bits per heavy atom. The Morgan fingerprint density at radius 3 is 2.72 bits per heavy atom. The first-order valence-electron chi connectivity index (χ1n) is 5.86. The monoisotopic (exact) mass is 313 g/mol. The van der Waals surface area contributed by atoms with Gasteiger partial charge in [-0.1, -0.05) is 15.9 Å². The zero-order valence-corrected chi connectivity index (χ0v) is 11.8. The lowest BCUT2D eigenvalue weighted by molar-refractivity contribution is 0.0854. The van der Waals surface area contributed by atoms with Crippen molar-refractivity contribution in [3.8, 4) is 11.5 Å². The van der Waals surface area contributed by atoms with Crippen LogP contribution in [0.4, 0.5) is 0 Å². The number of methoxy groups -OCH3 is 1. The highest BCUT2D eigenvalue weighted by atomic mass is 79.9. The van der Waals surface area contributed by atoms with Crippen molar-refractivity contribution in [2.45, 2.75) is 24.8 Å². The van der Waals surface area contributed by atoms with Gasteiger partial charge in [-0.15, -0.1) is 0 Å². The molecule has 0 spiro atoms. The van der Waals surface area contributed by atoms with E-state index in [0.717, 1.165) is 24.6 Å². The number of phenols is 1. The van der Waals surface area contributed by atoms with Gasteiger partial charge >= 0.3 is 0 Å². The maximum absolute atomic E-state index is 12.1. The van der Waals surface area contributed by atoms with Crippen molar-refractivity contribution in [2.75, 3.05) is 12.4 Å². The minimum absolute atomic E-state index is 0.0594. The van der Waals surface area contributed by atoms with Gasteiger partial charge in [0, 0.05) is 11.4 Å². The second-order valence-corrected chi connectivity index (χ2v) is 5.17. The largest absolute Gasteiger partial charge is 0.507 e. The number of hydrogen-bond donors (Lipinski definition) is 2. The first-order chi connectivity index (χ1) is 8.60. The van der Waals surface area contributed by atoms with Crippen LogP contribution in [0.25, 0.3) is 0 Å². The summed E-state index contributed by atoms with van der Waals surface area (Å²) in [5.74, 6) is 0.230. The lowest BCUT2D eigenvalue weighted by Crippen LogP contribution is -2.54. The molecule has 1 aliphatic carbocycles. The number of rotatable bonds is 4. The molecule has 1 aliphatic rings. The van der Waals surface area contributed by atoms with Crippen LogP contribution in [-0.2, 0) is 0 Å². The summed E-state index contributed by atoms with van der Waals surface area (Å²) in [7, 11) is 1.52. The van der Waals surface area contributed by atoms with Gasteiger partial charge in [-0.2, -0.15) is 0 Å². The molecule has 2 rings (SSSR count). The van der Waals surface area contributed by atoms with E-state index in [0.29, 0.717) is 5.75 Å². The minimum atomic E-state index is -0.241. The molecule has 1 aromatic rings. The summed E-state index contributed by atoms with van der Waals surface area (Å²) in [6, 6.07) is 4.68. The highest BCUT2D eigenvalue weighted by Gasteiger charge is 2.37. The highest BCUT2D eigenvalue weighted by molar-refractivity contribution is 9.09. The third-order valence-corrected chi connectivity index (χ3v) is 4.47. The molecule has 1 fully saturated rings. The predicted molar refractivity (Wildman–Crippen MR) is 72.5 cm³/mol. The third kappa shape index (κ3) is 2.46. The van der Waals surface area contributed by atoms with Crippen molar-refractivity contribution in [1.82, 2.24) is 5.32 Å². The van der Waals surface area contributed by atoms with Gasteiger partial charge in [-0.05, 0) is 31.4 Å². The fraction of sp³-hybridized carbons (Fsp3) is 0.462. The Morgan fingerprint density at radius 1 is 1.56 bits per heavy atom. The van der Waals surface area contributed by atoms with Crippen molar-refractivity contribution in [3.05, 3.63) is 23.8 Å². The summed E-state index contributed by atoms with van der Waals surface area (Å²) >= 11 is 3.43. The van der Waals surface area contributed by atoms with Crippen LogP contribution in [-0.4, -0.2) is 29.0 Å². The SMILES string of the molecule is COc1ccc(C(=O)NC2(CBr)CCC2)c(O)c1. The highest BCUT2D eigenvalue weighted by Crippen LogP contribution is 2.34. The average Bonchev–Trinajstić information content (AvgIpc) is 2.33. The maximum Gasteiger partial charge on any atom is 0.255 e. The lowest BCUT2D eigenvalue weighted by atomic mass is 9.78. The Kier molecular flexibility index (Phi) is 3.80. The van der Waals surface area contributed by atoms with Gasteiger partial charge in [-0.3, -0.25) is 4.79 Å². The molecule has 0 atom stereocenters. The van der Waals surface area contributed by atoms with E-state index in [9.17, 15) is 9.90 Å². The van der Waals surface area contributed by atoms with E-state index in [2.05, 4.69) is 21.2 Å². The number of phenolic OH excluding ortho intramolecular Hbond substituents is 1. The fourth-order valence-electron chi connectivity index (χ4n) is 2.03. The Labute approximate surface area is 114 Å². The zero-order valence-electron chi connectivity index (χ0n) is 10.2. The molecule has 0 unspecified atom stereocenters. The van der Waals surface area contributed by atoms with E-state index in [1.165, 1.54) is 13.2 Å². The fourth-order valence-corrected chi connectivity index (χ4v) is 2.74. The van der Waals surface area contributed by atoms with Gasteiger partial charge in [0.2, 0.25) is 0 Å². The molecule has 5 heteroatoms. The summed E-state index contributed by atoms with van der Waals surface area (Å²) in [5.41, 5.74) is 0.131. The van der Waals surface area contributed by atoms with Crippen molar-refractivity contribution >= 4 is 21.8 Å². The molecule has 98 valence electrons. The van der Waals surface area contributed by atoms with Gasteiger partial charge in [0.25, 0.3) is 5.91 Å². The summed E-state index contributed by atoms with van der Waals surface area (Å²) in [6.07, 6.45) is 3.07. The molecule has 1 aromatic carbocycles. The number of alkyl halides is 1. The third-order valence-electron chi connectivity index (χ3n) is 3.39. The normalized spacial score (nSPS) is 16.8. The number of hydrogen-bond acceptors (Lipinski definition) is 3. The number of halogens is 1. The first-order valence-corrected chi connectivity index (χ1v) is 6.98. The Balaban J connectivity index is 2.14. The van der Waals surface area contributed by atoms with Gasteiger partial charge in [0.05, 0.1) is 18.2 Å². The summed E-state index contributed by atoms with van der Waals surface area (Å²) < 4.78 is 4.98. The van der Waals surface area contributed by atoms with Crippen LogP contribution in [0, 0.1) is 0 Å². The molecule has 2 N–H and O–H groups in total. The van der Waals surface area contributed by atoms with Gasteiger partial charge in [0.1, 0.15) is 11.5 Å². The van der Waals surface area contributed by atoms with Crippen LogP contribution in [0.15, 0.2) is 18.2 Å². The first kappa shape index (κ1) is 13.2. The standard InChI is InChI=1S/C13H16BrNO3/c1-18-9-3-4-10(11(16)7-9)12(17)15-13(8-14)5-2-6-13/h3-4,7,16H,2,5-6,8H2,1H3,(H,15,17). The average molecular weight is 314 g/mol. The van der Waals surface area contributed by atoms with Crippen molar-refractivity contribution in [1.29, 1.82) is 0 Å². The molecule has 1 amide bonds. The summed E-state index contributed by atoms with van der Waals surface area (Å²) in [6.45, 7) is 0. The van der Waals surface area contributed by atoms with Crippen LogP contribution in [0.2, 0.25) is 0 Å². The number of carbonyl (C=O) groups excluding carboxylic acids is 1. The number of carbonyl (C=O) groups is 1. The molecular formula is C13H16BrNO3. The zero-order chi connectivity index (χ0) is 13.2. The maximum atomic E-state index is 12.1. The topological polar surface area (TPSA) is 58.6 Å². The number of aromatic hydroxyl groups is 1. The van der Waals surface area contributed by atoms with E-state index in [1.54, 1.807) is 12.1 Å². The lowest BCUT2D eigenvalue weighted by Gasteiger charge is -2.41. The molecular weight excluding hydrogens is 298 g/mol. The van der Waals surface area contributed by atoms with Crippen LogP contribution in [0.1, 0.15) is 29.6 Å². The molecule has 0 aromatic heterocycles. The number of ether oxygens (including phenoxy) is 1. The quantitative estimate of drug-likeness (QED) is 0.839. The smallest absolute Gasteiger partial charge is 0.255 e. The van der Waals surface area contributed by atoms with E-state index in [1.807, 2.05) is 0 Å². The second-order valence-electron chi connectivity index (χ2n) is 4.60. The molecule has 0 bridgehead atoms. The van der Waals surface area contributed by atoms with E-state index >= 15 is 0 Å². The number of benzene rings is 1. The minimum Gasteiger partial charge on any atom is -0.507 e. The van der Waals surface area contributed by atoms with Gasteiger partial charge in [0.15, 0.2) is 0 Å². The van der Waals surface area contributed by atoms with Crippen LogP contribution in [0.3, 0.4) is 0 Å². The van der Waals surface area contributed by atoms with Gasteiger partial charge in [-0.25, -0.2) is 0 Å². The van der Waals surface area contributed by atoms with Crippen LogP contribution >= 0.6 is 15.9 Å². The molecule has 0 heterocycles. The molecule has 4 nitrogen and oxygen atoms in total. The molecule has 18 heavy (non-hydrogen) atoms. The number of amides is 1. The molecule has 0 aliphatic heterocycles.